The van der Waals surface area contributed by atoms with Gasteiger partial charge in [-0.15, -0.1) is 0 Å². The number of hydrazine groups is 1. The molecule has 0 aliphatic rings. The van der Waals surface area contributed by atoms with Crippen LogP contribution >= 0.6 is 27.5 Å². The molecule has 3 N–H and O–H groups in total. The van der Waals surface area contributed by atoms with E-state index in [1.165, 1.54) is 6.07 Å². The minimum absolute atomic E-state index is 0.0411. The number of carbonyl (C=O) groups excluding carboxylic acids is 2. The molecule has 0 radical (unpaired) electrons. The lowest BCUT2D eigenvalue weighted by atomic mass is 10.3. The number of pyridine rings is 1. The van der Waals surface area contributed by atoms with Crippen molar-refractivity contribution in [3.8, 4) is 5.88 Å². The van der Waals surface area contributed by atoms with Crippen LogP contribution < -0.4 is 15.6 Å². The van der Waals surface area contributed by atoms with E-state index in [0.29, 0.717) is 6.61 Å². The zero-order chi connectivity index (χ0) is 16.1. The molecule has 0 saturated carbocycles. The lowest BCUT2D eigenvalue weighted by molar-refractivity contribution is 0.0841. The first-order valence-electron chi connectivity index (χ1n) is 6.25. The third-order valence-corrected chi connectivity index (χ3v) is 3.27. The molecule has 2 aromatic rings. The van der Waals surface area contributed by atoms with Gasteiger partial charge >= 0.3 is 0 Å². The topological polar surface area (TPSA) is 96.1 Å². The number of hydrogen-bond donors (Lipinski definition) is 3. The number of ether oxygens (including phenoxy) is 1. The zero-order valence-electron chi connectivity index (χ0n) is 11.4. The van der Waals surface area contributed by atoms with Gasteiger partial charge in [-0.25, -0.2) is 4.98 Å². The Labute approximate surface area is 139 Å². The van der Waals surface area contributed by atoms with Crippen LogP contribution in [-0.4, -0.2) is 28.4 Å². The van der Waals surface area contributed by atoms with E-state index in [-0.39, 0.29) is 22.3 Å². The molecule has 0 atom stereocenters. The predicted octanol–water partition coefficient (Wildman–Crippen LogP) is 2.30. The van der Waals surface area contributed by atoms with Crippen molar-refractivity contribution in [3.63, 3.8) is 0 Å². The smallest absolute Gasteiger partial charge is 0.289 e. The van der Waals surface area contributed by atoms with Crippen LogP contribution in [0.1, 0.15) is 27.9 Å². The van der Waals surface area contributed by atoms with Crippen molar-refractivity contribution in [3.05, 3.63) is 45.3 Å². The third-order valence-electron chi connectivity index (χ3n) is 2.51. The van der Waals surface area contributed by atoms with Gasteiger partial charge in [-0.3, -0.25) is 20.4 Å². The summed E-state index contributed by atoms with van der Waals surface area (Å²) in [6.07, 6.45) is 1.60. The van der Waals surface area contributed by atoms with Crippen LogP contribution in [0.5, 0.6) is 5.88 Å². The summed E-state index contributed by atoms with van der Waals surface area (Å²) < 4.78 is 5.92. The van der Waals surface area contributed by atoms with Crippen molar-refractivity contribution < 1.29 is 14.3 Å². The van der Waals surface area contributed by atoms with Gasteiger partial charge in [0.1, 0.15) is 5.69 Å². The van der Waals surface area contributed by atoms with Gasteiger partial charge in [-0.1, -0.05) is 11.6 Å². The Morgan fingerprint density at radius 3 is 2.73 bits per heavy atom. The molecule has 2 heterocycles. The minimum atomic E-state index is -0.648. The second kappa shape index (κ2) is 7.28. The Morgan fingerprint density at radius 2 is 2.09 bits per heavy atom. The number of carbonyl (C=O) groups is 2. The molecule has 2 rings (SSSR count). The Bertz CT molecular complexity index is 704. The number of amides is 2. The maximum Gasteiger partial charge on any atom is 0.289 e. The molecule has 0 bridgehead atoms. The molecule has 0 aliphatic carbocycles. The lowest BCUT2D eigenvalue weighted by Gasteiger charge is -2.08. The van der Waals surface area contributed by atoms with Gasteiger partial charge in [0.25, 0.3) is 11.8 Å². The van der Waals surface area contributed by atoms with Gasteiger partial charge in [0.15, 0.2) is 5.69 Å². The summed E-state index contributed by atoms with van der Waals surface area (Å²) in [5.74, 6) is -0.877. The van der Waals surface area contributed by atoms with Gasteiger partial charge < -0.3 is 9.72 Å². The molecule has 7 nitrogen and oxygen atoms in total. The average Bonchev–Trinajstić information content (AvgIpc) is 2.93. The normalized spacial score (nSPS) is 10.1. The van der Waals surface area contributed by atoms with Crippen molar-refractivity contribution in [1.82, 2.24) is 20.8 Å². The largest absolute Gasteiger partial charge is 0.478 e. The summed E-state index contributed by atoms with van der Waals surface area (Å²) in [6.45, 7) is 2.21. The highest BCUT2D eigenvalue weighted by Gasteiger charge is 2.15. The molecule has 0 saturated heterocycles. The fourth-order valence-corrected chi connectivity index (χ4v) is 2.09. The number of aromatic amines is 1. The van der Waals surface area contributed by atoms with Crippen molar-refractivity contribution in [2.24, 2.45) is 0 Å². The van der Waals surface area contributed by atoms with Gasteiger partial charge in [0, 0.05) is 16.7 Å². The number of halogens is 2. The van der Waals surface area contributed by atoms with E-state index < -0.39 is 11.8 Å². The molecular weight excluding hydrogens is 376 g/mol. The van der Waals surface area contributed by atoms with Crippen molar-refractivity contribution in [1.29, 1.82) is 0 Å². The fraction of sp³-hybridized carbons (Fsp3) is 0.154. The van der Waals surface area contributed by atoms with E-state index in [1.54, 1.807) is 25.3 Å². The first kappa shape index (κ1) is 16.3. The second-order valence-corrected chi connectivity index (χ2v) is 5.38. The number of rotatable bonds is 4. The molecule has 22 heavy (non-hydrogen) atoms. The highest BCUT2D eigenvalue weighted by atomic mass is 79.9. The average molecular weight is 388 g/mol. The summed E-state index contributed by atoms with van der Waals surface area (Å²) >= 11 is 9.13. The first-order valence-corrected chi connectivity index (χ1v) is 7.42. The van der Waals surface area contributed by atoms with Crippen molar-refractivity contribution in [2.75, 3.05) is 6.61 Å². The van der Waals surface area contributed by atoms with Crippen LogP contribution in [0.3, 0.4) is 0 Å². The molecule has 0 fully saturated rings. The second-order valence-electron chi connectivity index (χ2n) is 4.05. The van der Waals surface area contributed by atoms with E-state index in [2.05, 4.69) is 36.7 Å². The molecule has 0 unspecified atom stereocenters. The van der Waals surface area contributed by atoms with E-state index in [0.717, 1.165) is 4.47 Å². The predicted molar refractivity (Wildman–Crippen MR) is 83.8 cm³/mol. The van der Waals surface area contributed by atoms with Crippen LogP contribution in [0.15, 0.2) is 28.9 Å². The summed E-state index contributed by atoms with van der Waals surface area (Å²) in [4.78, 5) is 30.5. The van der Waals surface area contributed by atoms with Gasteiger partial charge in [-0.2, -0.15) is 0 Å². The van der Waals surface area contributed by atoms with Crippen molar-refractivity contribution in [2.45, 2.75) is 6.92 Å². The van der Waals surface area contributed by atoms with E-state index in [1.807, 2.05) is 0 Å². The number of H-pyrrole nitrogens is 1. The van der Waals surface area contributed by atoms with Crippen LogP contribution in [0.25, 0.3) is 0 Å². The Kier molecular flexibility index (Phi) is 5.40. The number of aromatic nitrogens is 2. The van der Waals surface area contributed by atoms with Gasteiger partial charge in [0.05, 0.1) is 11.6 Å². The maximum absolute atomic E-state index is 12.0. The number of nitrogens with zero attached hydrogens (tertiary/aromatic N) is 1. The fourth-order valence-electron chi connectivity index (χ4n) is 1.55. The van der Waals surface area contributed by atoms with Gasteiger partial charge in [-0.05, 0) is 35.0 Å². The molecule has 2 aromatic heterocycles. The highest BCUT2D eigenvalue weighted by Crippen LogP contribution is 2.18. The molecular formula is C13H12BrClN4O3. The molecule has 0 spiro atoms. The lowest BCUT2D eigenvalue weighted by Crippen LogP contribution is -2.42. The highest BCUT2D eigenvalue weighted by molar-refractivity contribution is 9.10. The molecule has 0 aliphatic heterocycles. The zero-order valence-corrected chi connectivity index (χ0v) is 13.8. The van der Waals surface area contributed by atoms with Crippen molar-refractivity contribution >= 4 is 39.3 Å². The minimum Gasteiger partial charge on any atom is -0.478 e. The molecule has 9 heteroatoms. The van der Waals surface area contributed by atoms with E-state index in [4.69, 9.17) is 16.3 Å². The summed E-state index contributed by atoms with van der Waals surface area (Å²) in [6, 6.07) is 4.62. The molecule has 2 amide bonds. The Morgan fingerprint density at radius 1 is 1.36 bits per heavy atom. The quantitative estimate of drug-likeness (QED) is 0.701. The number of nitrogens with one attached hydrogen (secondary N) is 3. The summed E-state index contributed by atoms with van der Waals surface area (Å²) in [5.41, 5.74) is 4.74. The third kappa shape index (κ3) is 3.99. The SMILES string of the molecule is CCOc1ccc(Cl)c(C(=O)NNC(=O)c2cc(Br)c[nH]2)n1. The van der Waals surface area contributed by atoms with E-state index >= 15 is 0 Å². The Balaban J connectivity index is 2.03. The van der Waals surface area contributed by atoms with E-state index in [9.17, 15) is 9.59 Å². The summed E-state index contributed by atoms with van der Waals surface area (Å²) in [5, 5.41) is 0.151. The Hall–Kier alpha value is -2.06. The summed E-state index contributed by atoms with van der Waals surface area (Å²) in [7, 11) is 0. The maximum atomic E-state index is 12.0. The van der Waals surface area contributed by atoms with Crippen LogP contribution in [-0.2, 0) is 0 Å². The molecule has 0 aromatic carbocycles. The number of hydrogen-bond acceptors (Lipinski definition) is 4. The van der Waals surface area contributed by atoms with Crippen LogP contribution in [0.4, 0.5) is 0 Å². The molecule has 116 valence electrons. The van der Waals surface area contributed by atoms with Crippen LogP contribution in [0, 0.1) is 0 Å². The van der Waals surface area contributed by atoms with Crippen LogP contribution in [0.2, 0.25) is 5.02 Å². The monoisotopic (exact) mass is 386 g/mol. The first-order chi connectivity index (χ1) is 10.5. The standard InChI is InChI=1S/C13H12BrClN4O3/c1-2-22-10-4-3-8(15)11(17-10)13(21)19-18-12(20)9-5-7(14)6-16-9/h3-6,16H,2H2,1H3,(H,18,20)(H,19,21). The van der Waals surface area contributed by atoms with Gasteiger partial charge in [0.2, 0.25) is 5.88 Å².